The van der Waals surface area contributed by atoms with Crippen LogP contribution >= 0.6 is 12.2 Å². The number of rotatable bonds is 1. The molecule has 0 atom stereocenters. The Balaban J connectivity index is 0.000000261. The Morgan fingerprint density at radius 1 is 1.25 bits per heavy atom. The molecule has 0 spiro atoms. The average molecular weight is 193 g/mol. The lowest BCUT2D eigenvalue weighted by molar-refractivity contribution is 0.0707. The molecule has 0 aliphatic heterocycles. The van der Waals surface area contributed by atoms with Gasteiger partial charge in [-0.1, -0.05) is 0 Å². The van der Waals surface area contributed by atoms with E-state index in [1.165, 1.54) is 12.4 Å². The van der Waals surface area contributed by atoms with Gasteiger partial charge in [0, 0.05) is 12.4 Å². The van der Waals surface area contributed by atoms with Gasteiger partial charge in [0.25, 0.3) is 0 Å². The Bertz CT molecular complexity index is 219. The van der Waals surface area contributed by atoms with Crippen LogP contribution in [-0.2, 0) is 0 Å². The molecule has 68 valence electrons. The molecule has 1 aromatic rings. The molecular formula is C6H9F2N3S. The number of nitrogens with zero attached hydrogens (tertiary/aromatic N) is 1. The zero-order valence-electron chi connectivity index (χ0n) is 6.15. The van der Waals surface area contributed by atoms with Gasteiger partial charge in [-0.15, -0.1) is 0 Å². The van der Waals surface area contributed by atoms with Gasteiger partial charge in [-0.3, -0.25) is 4.57 Å². The molecule has 12 heavy (non-hydrogen) atoms. The van der Waals surface area contributed by atoms with Crippen LogP contribution in [-0.4, -0.2) is 9.68 Å². The van der Waals surface area contributed by atoms with Gasteiger partial charge in [-0.05, 0) is 24.4 Å². The number of aromatic nitrogens is 1. The molecule has 0 unspecified atom stereocenters. The smallest absolute Gasteiger partial charge is 0.318 e. The highest BCUT2D eigenvalue weighted by Crippen LogP contribution is 2.07. The first-order valence-electron chi connectivity index (χ1n) is 2.99. The van der Waals surface area contributed by atoms with Gasteiger partial charge < -0.3 is 11.5 Å². The van der Waals surface area contributed by atoms with Crippen LogP contribution in [0.2, 0.25) is 0 Å². The first-order valence-corrected chi connectivity index (χ1v) is 3.40. The molecule has 0 amide bonds. The third-order valence-electron chi connectivity index (χ3n) is 0.853. The summed E-state index contributed by atoms with van der Waals surface area (Å²) in [6.07, 6.45) is 2.65. The van der Waals surface area contributed by atoms with Crippen molar-refractivity contribution in [3.8, 4) is 0 Å². The van der Waals surface area contributed by atoms with Gasteiger partial charge in [-0.2, -0.15) is 8.78 Å². The fraction of sp³-hybridized carbons (Fsp3) is 0.167. The molecule has 1 heterocycles. The molecule has 0 aliphatic rings. The van der Waals surface area contributed by atoms with E-state index in [2.05, 4.69) is 23.7 Å². The van der Waals surface area contributed by atoms with Crippen molar-refractivity contribution in [2.45, 2.75) is 6.55 Å². The summed E-state index contributed by atoms with van der Waals surface area (Å²) in [7, 11) is 0. The summed E-state index contributed by atoms with van der Waals surface area (Å²) in [5.74, 6) is 0. The van der Waals surface area contributed by atoms with Gasteiger partial charge in [0.2, 0.25) is 0 Å². The predicted molar refractivity (Wildman–Crippen MR) is 46.7 cm³/mol. The van der Waals surface area contributed by atoms with E-state index in [0.29, 0.717) is 0 Å². The molecule has 0 aromatic carbocycles. The minimum atomic E-state index is -2.40. The summed E-state index contributed by atoms with van der Waals surface area (Å²) in [5.41, 5.74) is 9.24. The molecule has 3 nitrogen and oxygen atoms in total. The van der Waals surface area contributed by atoms with Crippen molar-refractivity contribution in [2.75, 3.05) is 0 Å². The van der Waals surface area contributed by atoms with Crippen LogP contribution in [0.15, 0.2) is 24.5 Å². The number of nitrogens with two attached hydrogens (primary N) is 2. The summed E-state index contributed by atoms with van der Waals surface area (Å²) in [5, 5.41) is 0.000000000000000222. The van der Waals surface area contributed by atoms with Crippen LogP contribution in [0.1, 0.15) is 6.55 Å². The topological polar surface area (TPSA) is 57.0 Å². The highest BCUT2D eigenvalue weighted by molar-refractivity contribution is 7.80. The second kappa shape index (κ2) is 5.48. The highest BCUT2D eigenvalue weighted by Gasteiger charge is 1.99. The van der Waals surface area contributed by atoms with Crippen molar-refractivity contribution in [1.82, 2.24) is 4.57 Å². The van der Waals surface area contributed by atoms with E-state index in [0.717, 1.165) is 4.57 Å². The fourth-order valence-corrected chi connectivity index (χ4v) is 0.478. The van der Waals surface area contributed by atoms with Crippen molar-refractivity contribution < 1.29 is 8.78 Å². The number of alkyl halides is 2. The van der Waals surface area contributed by atoms with Crippen LogP contribution in [0.3, 0.4) is 0 Å². The van der Waals surface area contributed by atoms with Gasteiger partial charge in [0.15, 0.2) is 5.11 Å². The standard InChI is InChI=1S/C5H5F2N.CH4N2S/c6-5(7)8-3-1-2-4-8;2-1(3)4/h1-5H;(H4,2,3,4). The summed E-state index contributed by atoms with van der Waals surface area (Å²) in [6, 6.07) is 3.12. The molecular weight excluding hydrogens is 184 g/mol. The van der Waals surface area contributed by atoms with E-state index in [4.69, 9.17) is 0 Å². The van der Waals surface area contributed by atoms with E-state index in [1.54, 1.807) is 12.1 Å². The predicted octanol–water partition coefficient (Wildman–Crippen LogP) is 1.07. The Labute approximate surface area is 74.0 Å². The van der Waals surface area contributed by atoms with Crippen LogP contribution in [0, 0.1) is 0 Å². The second-order valence-corrected chi connectivity index (χ2v) is 2.28. The van der Waals surface area contributed by atoms with E-state index < -0.39 is 6.55 Å². The average Bonchev–Trinajstić information content (AvgIpc) is 2.34. The molecule has 1 aromatic heterocycles. The monoisotopic (exact) mass is 193 g/mol. The van der Waals surface area contributed by atoms with Crippen LogP contribution < -0.4 is 11.5 Å². The number of halogens is 2. The van der Waals surface area contributed by atoms with E-state index in [9.17, 15) is 8.78 Å². The summed E-state index contributed by atoms with van der Waals surface area (Å²) in [6.45, 7) is -2.40. The lowest BCUT2D eigenvalue weighted by Crippen LogP contribution is -2.18. The third kappa shape index (κ3) is 5.60. The normalized spacial score (nSPS) is 8.92. The van der Waals surface area contributed by atoms with Crippen molar-refractivity contribution >= 4 is 17.3 Å². The lowest BCUT2D eigenvalue weighted by Gasteiger charge is -1.95. The Hall–Kier alpha value is -1.17. The number of thiocarbonyl (C=S) groups is 1. The summed E-state index contributed by atoms with van der Waals surface area (Å²) in [4.78, 5) is 0. The van der Waals surface area contributed by atoms with E-state index >= 15 is 0 Å². The van der Waals surface area contributed by atoms with Gasteiger partial charge >= 0.3 is 6.55 Å². The maximum absolute atomic E-state index is 11.6. The second-order valence-electron chi connectivity index (χ2n) is 1.81. The van der Waals surface area contributed by atoms with Crippen molar-refractivity contribution in [3.63, 3.8) is 0 Å². The lowest BCUT2D eigenvalue weighted by atomic mass is 10.7. The Kier molecular flexibility index (Phi) is 4.94. The van der Waals surface area contributed by atoms with E-state index in [-0.39, 0.29) is 5.11 Å². The Morgan fingerprint density at radius 2 is 1.58 bits per heavy atom. The molecule has 0 radical (unpaired) electrons. The molecule has 0 fully saturated rings. The number of hydrogen-bond acceptors (Lipinski definition) is 1. The first-order chi connectivity index (χ1) is 5.54. The third-order valence-corrected chi connectivity index (χ3v) is 0.853. The maximum Gasteiger partial charge on any atom is 0.318 e. The molecule has 0 bridgehead atoms. The Morgan fingerprint density at radius 3 is 1.75 bits per heavy atom. The minimum absolute atomic E-state index is 0.000000000000000222. The molecule has 1 rings (SSSR count). The van der Waals surface area contributed by atoms with Crippen LogP contribution in [0.25, 0.3) is 0 Å². The molecule has 6 heteroatoms. The zero-order chi connectivity index (χ0) is 9.56. The van der Waals surface area contributed by atoms with Crippen LogP contribution in [0.5, 0.6) is 0 Å². The maximum atomic E-state index is 11.6. The van der Waals surface area contributed by atoms with Crippen LogP contribution in [0.4, 0.5) is 8.78 Å². The largest absolute Gasteiger partial charge is 0.377 e. The van der Waals surface area contributed by atoms with E-state index in [1.807, 2.05) is 0 Å². The fourth-order valence-electron chi connectivity index (χ4n) is 0.478. The summed E-state index contributed by atoms with van der Waals surface area (Å²) < 4.78 is 24.0. The summed E-state index contributed by atoms with van der Waals surface area (Å²) >= 11 is 4.09. The van der Waals surface area contributed by atoms with Crippen molar-refractivity contribution in [1.29, 1.82) is 0 Å². The highest BCUT2D eigenvalue weighted by atomic mass is 32.1. The van der Waals surface area contributed by atoms with Gasteiger partial charge in [-0.25, -0.2) is 0 Å². The first kappa shape index (κ1) is 10.8. The molecule has 0 saturated carbocycles. The van der Waals surface area contributed by atoms with Crippen molar-refractivity contribution in [2.24, 2.45) is 11.5 Å². The zero-order valence-corrected chi connectivity index (χ0v) is 6.97. The van der Waals surface area contributed by atoms with Gasteiger partial charge in [0.05, 0.1) is 0 Å². The molecule has 0 aliphatic carbocycles. The van der Waals surface area contributed by atoms with Gasteiger partial charge in [0.1, 0.15) is 0 Å². The quantitative estimate of drug-likeness (QED) is 0.656. The number of hydrogen-bond donors (Lipinski definition) is 2. The molecule has 4 N–H and O–H groups in total. The minimum Gasteiger partial charge on any atom is -0.377 e. The molecule has 0 saturated heterocycles. The SMILES string of the molecule is FC(F)n1cccc1.NC(N)=S. The van der Waals surface area contributed by atoms with Crippen molar-refractivity contribution in [3.05, 3.63) is 24.5 Å².